The quantitative estimate of drug-likeness (QED) is 0.112. The molecule has 0 unspecified atom stereocenters. The molecule has 0 saturated carbocycles. The van der Waals surface area contributed by atoms with Crippen molar-refractivity contribution in [3.8, 4) is 0 Å². The number of alkyl carbamates (subject to hydrolysis) is 2. The molecule has 13 heteroatoms. The Balaban J connectivity index is 1.44. The number of ether oxygens (including phenoxy) is 3. The molecule has 0 radical (unpaired) electrons. The normalized spacial score (nSPS) is 13.5. The summed E-state index contributed by atoms with van der Waals surface area (Å²) in [4.78, 5) is 48.5. The Hall–Kier alpha value is -4.85. The fourth-order valence-corrected chi connectivity index (χ4v) is 6.07. The molecule has 4 rings (SSSR count). The van der Waals surface area contributed by atoms with Crippen LogP contribution in [-0.2, 0) is 51.7 Å². The predicted molar refractivity (Wildman–Crippen MR) is 189 cm³/mol. The minimum Gasteiger partial charge on any atom is -0.445 e. The van der Waals surface area contributed by atoms with E-state index in [0.29, 0.717) is 19.4 Å². The smallest absolute Gasteiger partial charge is 0.408 e. The van der Waals surface area contributed by atoms with Crippen LogP contribution in [0.25, 0.3) is 0 Å². The maximum absolute atomic E-state index is 13.7. The summed E-state index contributed by atoms with van der Waals surface area (Å²) in [6, 6.07) is 20.4. The molecule has 266 valence electrons. The van der Waals surface area contributed by atoms with Gasteiger partial charge in [0.2, 0.25) is 5.91 Å². The standard InChI is InChI=1S/C37H45N5O7S/c1-25(2)34(42-37(46)49-23-30-21-39-33(50-30)24-47-3)35(44)41-31(18-27-13-8-5-9-14-27)32(43)19-29(17-26-11-6-4-7-12-26)40-36(45)48-22-28-15-10-16-38-20-28/h4-16,20-21,25,29,31-32,34,43H,17-19,22-24H2,1-3H3,(H,40,45)(H,41,44)(H,42,46)/t29-,31-,32-,34-/m0/s1. The third kappa shape index (κ3) is 12.9. The van der Waals surface area contributed by atoms with E-state index in [9.17, 15) is 19.5 Å². The zero-order valence-corrected chi connectivity index (χ0v) is 29.3. The van der Waals surface area contributed by atoms with Crippen LogP contribution in [0.2, 0.25) is 0 Å². The molecule has 0 spiro atoms. The van der Waals surface area contributed by atoms with Crippen molar-refractivity contribution in [2.24, 2.45) is 5.92 Å². The van der Waals surface area contributed by atoms with Crippen molar-refractivity contribution >= 4 is 29.4 Å². The Bertz CT molecular complexity index is 1610. The van der Waals surface area contributed by atoms with Gasteiger partial charge in [-0.15, -0.1) is 11.3 Å². The Morgan fingerprint density at radius 2 is 1.42 bits per heavy atom. The Kier molecular flexibility index (Phi) is 15.2. The van der Waals surface area contributed by atoms with Crippen LogP contribution in [-0.4, -0.2) is 64.5 Å². The maximum Gasteiger partial charge on any atom is 0.408 e. The molecule has 3 amide bonds. The van der Waals surface area contributed by atoms with E-state index < -0.39 is 42.3 Å². The number of pyridine rings is 1. The van der Waals surface area contributed by atoms with E-state index >= 15 is 0 Å². The number of carbonyl (C=O) groups excluding carboxylic acids is 3. The molecule has 0 aliphatic rings. The number of methoxy groups -OCH3 is 1. The minimum absolute atomic E-state index is 0.00449. The van der Waals surface area contributed by atoms with Crippen molar-refractivity contribution in [3.05, 3.63) is 118 Å². The lowest BCUT2D eigenvalue weighted by Crippen LogP contribution is -2.56. The van der Waals surface area contributed by atoms with E-state index in [1.807, 2.05) is 74.5 Å². The van der Waals surface area contributed by atoms with Crippen LogP contribution in [0, 0.1) is 5.92 Å². The zero-order chi connectivity index (χ0) is 35.7. The number of benzene rings is 2. The van der Waals surface area contributed by atoms with Crippen molar-refractivity contribution in [1.82, 2.24) is 25.9 Å². The number of hydrogen-bond acceptors (Lipinski definition) is 10. The SMILES string of the molecule is COCc1ncc(COC(=O)N[C@H](C(=O)N[C@@H](Cc2ccccc2)[C@@H](O)C[C@H](Cc2ccccc2)NC(=O)OCc2cccnc2)C(C)C)s1. The predicted octanol–water partition coefficient (Wildman–Crippen LogP) is 4.95. The van der Waals surface area contributed by atoms with E-state index in [1.165, 1.54) is 11.3 Å². The summed E-state index contributed by atoms with van der Waals surface area (Å²) in [6.45, 7) is 4.02. The van der Waals surface area contributed by atoms with E-state index in [4.69, 9.17) is 14.2 Å². The van der Waals surface area contributed by atoms with Crippen molar-refractivity contribution in [3.63, 3.8) is 0 Å². The second kappa shape index (κ2) is 20.0. The van der Waals surface area contributed by atoms with Gasteiger partial charge < -0.3 is 35.3 Å². The molecule has 0 bridgehead atoms. The van der Waals surface area contributed by atoms with Crippen molar-refractivity contribution in [1.29, 1.82) is 0 Å². The van der Waals surface area contributed by atoms with E-state index in [-0.39, 0.29) is 25.6 Å². The lowest BCUT2D eigenvalue weighted by molar-refractivity contribution is -0.125. The molecule has 0 aliphatic heterocycles. The van der Waals surface area contributed by atoms with Gasteiger partial charge in [0, 0.05) is 37.3 Å². The van der Waals surface area contributed by atoms with Crippen LogP contribution < -0.4 is 16.0 Å². The first-order valence-corrected chi connectivity index (χ1v) is 17.3. The van der Waals surface area contributed by atoms with Crippen molar-refractivity contribution in [2.45, 2.75) is 77.2 Å². The number of aliphatic hydroxyl groups excluding tert-OH is 1. The molecular weight excluding hydrogens is 659 g/mol. The Morgan fingerprint density at radius 1 is 0.780 bits per heavy atom. The molecule has 2 heterocycles. The monoisotopic (exact) mass is 703 g/mol. The summed E-state index contributed by atoms with van der Waals surface area (Å²) in [6.07, 6.45) is 3.24. The van der Waals surface area contributed by atoms with Gasteiger partial charge in [-0.25, -0.2) is 14.6 Å². The lowest BCUT2D eigenvalue weighted by atomic mass is 9.93. The number of rotatable bonds is 18. The first kappa shape index (κ1) is 38.0. The number of carbonyl (C=O) groups is 3. The van der Waals surface area contributed by atoms with E-state index in [1.54, 1.807) is 37.8 Å². The number of hydrogen-bond donors (Lipinski definition) is 4. The third-order valence-electron chi connectivity index (χ3n) is 7.79. The van der Waals surface area contributed by atoms with Gasteiger partial charge in [0.05, 0.1) is 23.6 Å². The summed E-state index contributed by atoms with van der Waals surface area (Å²) in [5.74, 6) is -0.767. The number of aromatic nitrogens is 2. The summed E-state index contributed by atoms with van der Waals surface area (Å²) >= 11 is 1.37. The second-order valence-electron chi connectivity index (χ2n) is 12.2. The van der Waals surface area contributed by atoms with Crippen LogP contribution in [0.4, 0.5) is 9.59 Å². The van der Waals surface area contributed by atoms with Gasteiger partial charge in [-0.3, -0.25) is 9.78 Å². The fourth-order valence-electron chi connectivity index (χ4n) is 5.26. The maximum atomic E-state index is 13.7. The van der Waals surface area contributed by atoms with Gasteiger partial charge in [-0.05, 0) is 42.4 Å². The van der Waals surface area contributed by atoms with Crippen molar-refractivity contribution < 1.29 is 33.7 Å². The summed E-state index contributed by atoms with van der Waals surface area (Å²) in [5, 5.41) is 21.0. The number of thiazole rings is 1. The highest BCUT2D eigenvalue weighted by Gasteiger charge is 2.31. The van der Waals surface area contributed by atoms with Gasteiger partial charge in [0.1, 0.15) is 24.3 Å². The van der Waals surface area contributed by atoms with Crippen LogP contribution >= 0.6 is 11.3 Å². The first-order valence-electron chi connectivity index (χ1n) is 16.4. The van der Waals surface area contributed by atoms with Gasteiger partial charge in [-0.1, -0.05) is 80.6 Å². The Labute approximate surface area is 296 Å². The molecule has 4 aromatic rings. The van der Waals surface area contributed by atoms with Gasteiger partial charge >= 0.3 is 12.2 Å². The van der Waals surface area contributed by atoms with Crippen LogP contribution in [0.1, 0.15) is 46.8 Å². The van der Waals surface area contributed by atoms with Gasteiger partial charge in [0.25, 0.3) is 0 Å². The second-order valence-corrected chi connectivity index (χ2v) is 13.4. The molecule has 2 aromatic heterocycles. The van der Waals surface area contributed by atoms with Crippen LogP contribution in [0.15, 0.2) is 91.4 Å². The zero-order valence-electron chi connectivity index (χ0n) is 28.5. The fraction of sp³-hybridized carbons (Fsp3) is 0.378. The Morgan fingerprint density at radius 3 is 2.06 bits per heavy atom. The molecule has 0 saturated heterocycles. The highest BCUT2D eigenvalue weighted by molar-refractivity contribution is 7.11. The van der Waals surface area contributed by atoms with Crippen molar-refractivity contribution in [2.75, 3.05) is 7.11 Å². The molecular formula is C37H45N5O7S. The first-order chi connectivity index (χ1) is 24.2. The average Bonchev–Trinajstić information content (AvgIpc) is 3.57. The number of nitrogens with zero attached hydrogens (tertiary/aromatic N) is 2. The lowest BCUT2D eigenvalue weighted by Gasteiger charge is -2.30. The van der Waals surface area contributed by atoms with Crippen LogP contribution in [0.3, 0.4) is 0 Å². The van der Waals surface area contributed by atoms with E-state index in [2.05, 4.69) is 25.9 Å². The van der Waals surface area contributed by atoms with E-state index in [0.717, 1.165) is 26.6 Å². The van der Waals surface area contributed by atoms with Crippen LogP contribution in [0.5, 0.6) is 0 Å². The van der Waals surface area contributed by atoms with Gasteiger partial charge in [-0.2, -0.15) is 0 Å². The summed E-state index contributed by atoms with van der Waals surface area (Å²) < 4.78 is 15.9. The molecule has 12 nitrogen and oxygen atoms in total. The average molecular weight is 704 g/mol. The highest BCUT2D eigenvalue weighted by atomic mass is 32.1. The molecule has 4 N–H and O–H groups in total. The minimum atomic E-state index is -1.08. The highest BCUT2D eigenvalue weighted by Crippen LogP contribution is 2.17. The molecule has 2 aromatic carbocycles. The molecule has 4 atom stereocenters. The molecule has 0 fully saturated rings. The molecule has 50 heavy (non-hydrogen) atoms. The van der Waals surface area contributed by atoms with Gasteiger partial charge in [0.15, 0.2) is 0 Å². The molecule has 0 aliphatic carbocycles. The third-order valence-corrected chi connectivity index (χ3v) is 8.74. The number of aliphatic hydroxyl groups is 1. The summed E-state index contributed by atoms with van der Waals surface area (Å²) in [7, 11) is 1.58. The number of nitrogens with one attached hydrogen (secondary N) is 3. The topological polar surface area (TPSA) is 161 Å². The number of amides is 3. The largest absolute Gasteiger partial charge is 0.445 e. The summed E-state index contributed by atoms with van der Waals surface area (Å²) in [5.41, 5.74) is 2.59.